The highest BCUT2D eigenvalue weighted by Gasteiger charge is 2.57. The van der Waals surface area contributed by atoms with Crippen LogP contribution in [-0.2, 0) is 15.0 Å². The first-order chi connectivity index (χ1) is 14.4. The lowest BCUT2D eigenvalue weighted by molar-refractivity contribution is -0.126. The van der Waals surface area contributed by atoms with Gasteiger partial charge in [0.2, 0.25) is 11.8 Å². The molecule has 1 spiro atoms. The zero-order chi connectivity index (χ0) is 21.0. The van der Waals surface area contributed by atoms with E-state index in [0.29, 0.717) is 28.9 Å². The Morgan fingerprint density at radius 2 is 1.93 bits per heavy atom. The number of carbonyl (C=O) groups excluding carboxylic acids is 2. The van der Waals surface area contributed by atoms with Crippen LogP contribution in [-0.4, -0.2) is 28.1 Å². The minimum absolute atomic E-state index is 0.0612. The van der Waals surface area contributed by atoms with Crippen molar-refractivity contribution in [1.29, 1.82) is 0 Å². The summed E-state index contributed by atoms with van der Waals surface area (Å²) in [6.45, 7) is 4.76. The van der Waals surface area contributed by atoms with Gasteiger partial charge < -0.3 is 10.2 Å². The summed E-state index contributed by atoms with van der Waals surface area (Å²) in [5.74, 6) is 0.534. The van der Waals surface area contributed by atoms with E-state index in [0.717, 1.165) is 16.9 Å². The summed E-state index contributed by atoms with van der Waals surface area (Å²) < 4.78 is 1.64. The van der Waals surface area contributed by atoms with Crippen molar-refractivity contribution in [3.63, 3.8) is 0 Å². The first-order valence-corrected chi connectivity index (χ1v) is 10.4. The van der Waals surface area contributed by atoms with Crippen molar-refractivity contribution < 1.29 is 9.59 Å². The van der Waals surface area contributed by atoms with Gasteiger partial charge in [-0.1, -0.05) is 49.7 Å². The van der Waals surface area contributed by atoms with E-state index >= 15 is 0 Å². The number of rotatable bonds is 3. The molecule has 2 amide bonds. The van der Waals surface area contributed by atoms with Crippen LogP contribution >= 0.6 is 11.6 Å². The molecule has 0 saturated heterocycles. The summed E-state index contributed by atoms with van der Waals surface area (Å²) in [5.41, 5.74) is 2.09. The molecule has 5 rings (SSSR count). The van der Waals surface area contributed by atoms with Crippen LogP contribution in [0.3, 0.4) is 0 Å². The molecule has 1 N–H and O–H groups in total. The Morgan fingerprint density at radius 1 is 1.13 bits per heavy atom. The maximum absolute atomic E-state index is 13.9. The second-order valence-electron chi connectivity index (χ2n) is 8.26. The zero-order valence-corrected chi connectivity index (χ0v) is 17.5. The Bertz CT molecular complexity index is 1190. The van der Waals surface area contributed by atoms with E-state index in [1.54, 1.807) is 23.0 Å². The lowest BCUT2D eigenvalue weighted by Crippen LogP contribution is -2.47. The quantitative estimate of drug-likeness (QED) is 0.691. The highest BCUT2D eigenvalue weighted by molar-refractivity contribution is 6.30. The van der Waals surface area contributed by atoms with Crippen LogP contribution < -0.4 is 10.2 Å². The summed E-state index contributed by atoms with van der Waals surface area (Å²) in [4.78, 5) is 28.6. The maximum atomic E-state index is 13.9. The molecule has 2 aromatic carbocycles. The molecule has 3 aromatic rings. The number of nitrogens with zero attached hydrogens (tertiary/aromatic N) is 3. The summed E-state index contributed by atoms with van der Waals surface area (Å²) in [6.07, 6.45) is 1.76. The van der Waals surface area contributed by atoms with Gasteiger partial charge >= 0.3 is 0 Å². The molecule has 3 heterocycles. The van der Waals surface area contributed by atoms with Crippen molar-refractivity contribution in [2.24, 2.45) is 5.92 Å². The fraction of sp³-hybridized carbons (Fsp3) is 0.261. The van der Waals surface area contributed by atoms with Gasteiger partial charge in [-0.05, 0) is 35.7 Å². The highest BCUT2D eigenvalue weighted by Crippen LogP contribution is 2.52. The van der Waals surface area contributed by atoms with Crippen molar-refractivity contribution in [2.45, 2.75) is 25.7 Å². The predicted molar refractivity (Wildman–Crippen MR) is 116 cm³/mol. The molecule has 0 radical (unpaired) electrons. The van der Waals surface area contributed by atoms with E-state index in [9.17, 15) is 9.59 Å². The van der Waals surface area contributed by atoms with Crippen LogP contribution in [0.25, 0.3) is 5.69 Å². The number of carbonyl (C=O) groups is 2. The second kappa shape index (κ2) is 6.71. The first-order valence-electron chi connectivity index (χ1n) is 9.97. The third kappa shape index (κ3) is 2.60. The number of hydrogen-bond donors (Lipinski definition) is 1. The number of aromatic nitrogens is 2. The van der Waals surface area contributed by atoms with E-state index < -0.39 is 5.41 Å². The average molecular weight is 421 g/mol. The van der Waals surface area contributed by atoms with Crippen molar-refractivity contribution in [3.8, 4) is 5.69 Å². The van der Waals surface area contributed by atoms with Crippen LogP contribution in [0, 0.1) is 5.92 Å². The number of benzene rings is 2. The molecule has 1 atom stereocenters. The van der Waals surface area contributed by atoms with Crippen molar-refractivity contribution in [3.05, 3.63) is 70.9 Å². The number of fused-ring (bicyclic) bond motifs is 4. The van der Waals surface area contributed by atoms with Gasteiger partial charge in [-0.3, -0.25) is 9.59 Å². The van der Waals surface area contributed by atoms with E-state index in [4.69, 9.17) is 11.6 Å². The van der Waals surface area contributed by atoms with Crippen LogP contribution in [0.4, 0.5) is 11.5 Å². The third-order valence-corrected chi connectivity index (χ3v) is 6.01. The number of halogens is 1. The minimum atomic E-state index is -1.07. The number of nitrogens with one attached hydrogen (secondary N) is 1. The Labute approximate surface area is 179 Å². The fourth-order valence-corrected chi connectivity index (χ4v) is 4.78. The minimum Gasteiger partial charge on any atom is -0.311 e. The first kappa shape index (κ1) is 18.9. The molecule has 0 saturated carbocycles. The summed E-state index contributed by atoms with van der Waals surface area (Å²) >= 11 is 6.16. The van der Waals surface area contributed by atoms with Gasteiger partial charge in [-0.25, -0.2) is 4.68 Å². The standard InChI is InChI=1S/C23H21ClN4O2/c1-14(2)13-27-19-9-4-3-8-17(19)23(22(27)30)11-20(29)26-21-18(23)12-25-28(21)16-7-5-6-15(24)10-16/h3-10,12,14H,11,13H2,1-2H3,(H,26,29). The molecule has 2 aliphatic rings. The third-order valence-electron chi connectivity index (χ3n) is 5.78. The van der Waals surface area contributed by atoms with Crippen LogP contribution in [0.15, 0.2) is 54.7 Å². The van der Waals surface area contributed by atoms with Gasteiger partial charge in [0.15, 0.2) is 0 Å². The fourth-order valence-electron chi connectivity index (χ4n) is 4.60. The predicted octanol–water partition coefficient (Wildman–Crippen LogP) is 4.16. The zero-order valence-electron chi connectivity index (χ0n) is 16.7. The summed E-state index contributed by atoms with van der Waals surface area (Å²) in [7, 11) is 0. The van der Waals surface area contributed by atoms with Gasteiger partial charge in [0.25, 0.3) is 0 Å². The lowest BCUT2D eigenvalue weighted by atomic mass is 9.72. The molecular formula is C23H21ClN4O2. The van der Waals surface area contributed by atoms with Gasteiger partial charge in [0.05, 0.1) is 11.9 Å². The normalized spacial score (nSPS) is 19.9. The Morgan fingerprint density at radius 3 is 2.70 bits per heavy atom. The molecule has 0 aliphatic carbocycles. The van der Waals surface area contributed by atoms with Gasteiger partial charge in [0.1, 0.15) is 11.2 Å². The molecule has 2 aliphatic heterocycles. The number of hydrogen-bond acceptors (Lipinski definition) is 3. The molecule has 30 heavy (non-hydrogen) atoms. The van der Waals surface area contributed by atoms with E-state index in [1.807, 2.05) is 41.3 Å². The Balaban J connectivity index is 1.74. The molecule has 1 unspecified atom stereocenters. The average Bonchev–Trinajstić information content (AvgIpc) is 3.23. The van der Waals surface area contributed by atoms with E-state index in [-0.39, 0.29) is 18.2 Å². The van der Waals surface area contributed by atoms with Crippen molar-refractivity contribution >= 4 is 34.9 Å². The molecule has 152 valence electrons. The number of anilines is 2. The van der Waals surface area contributed by atoms with Crippen LogP contribution in [0.2, 0.25) is 5.02 Å². The molecule has 0 fully saturated rings. The lowest BCUT2D eigenvalue weighted by Gasteiger charge is -2.32. The summed E-state index contributed by atoms with van der Waals surface area (Å²) in [6, 6.07) is 15.0. The smallest absolute Gasteiger partial charge is 0.242 e. The molecule has 0 bridgehead atoms. The Kier molecular flexibility index (Phi) is 4.22. The molecular weight excluding hydrogens is 400 g/mol. The number of para-hydroxylation sites is 1. The molecule has 6 nitrogen and oxygen atoms in total. The summed E-state index contributed by atoms with van der Waals surface area (Å²) in [5, 5.41) is 8.03. The van der Waals surface area contributed by atoms with Gasteiger partial charge in [-0.2, -0.15) is 5.10 Å². The van der Waals surface area contributed by atoms with Crippen molar-refractivity contribution in [1.82, 2.24) is 9.78 Å². The maximum Gasteiger partial charge on any atom is 0.242 e. The highest BCUT2D eigenvalue weighted by atomic mass is 35.5. The van der Waals surface area contributed by atoms with Crippen LogP contribution in [0.5, 0.6) is 0 Å². The molecule has 1 aromatic heterocycles. The van der Waals surface area contributed by atoms with E-state index in [2.05, 4.69) is 24.3 Å². The largest absolute Gasteiger partial charge is 0.311 e. The van der Waals surface area contributed by atoms with Crippen LogP contribution in [0.1, 0.15) is 31.4 Å². The topological polar surface area (TPSA) is 67.2 Å². The van der Waals surface area contributed by atoms with Crippen molar-refractivity contribution in [2.75, 3.05) is 16.8 Å². The Hall–Kier alpha value is -3.12. The van der Waals surface area contributed by atoms with Gasteiger partial charge in [-0.15, -0.1) is 0 Å². The second-order valence-corrected chi connectivity index (χ2v) is 8.69. The monoisotopic (exact) mass is 420 g/mol. The molecule has 7 heteroatoms. The number of amides is 2. The van der Waals surface area contributed by atoms with Gasteiger partial charge in [0, 0.05) is 29.2 Å². The SMILES string of the molecule is CC(C)CN1C(=O)C2(CC(=O)Nc3c2cnn3-c2cccc(Cl)c2)c2ccccc21. The van der Waals surface area contributed by atoms with E-state index in [1.165, 1.54) is 0 Å².